The minimum atomic E-state index is -2.48. The van der Waals surface area contributed by atoms with Crippen molar-refractivity contribution in [1.29, 1.82) is 0 Å². The Labute approximate surface area is 174 Å². The first-order chi connectivity index (χ1) is 14.0. The van der Waals surface area contributed by atoms with Gasteiger partial charge in [-0.15, -0.1) is 0 Å². The Morgan fingerprint density at radius 1 is 1.33 bits per heavy atom. The number of hydrogen-bond acceptors (Lipinski definition) is 6. The third-order valence-electron chi connectivity index (χ3n) is 6.19. The van der Waals surface area contributed by atoms with Crippen molar-refractivity contribution in [3.05, 3.63) is 46.0 Å². The predicted octanol–water partition coefficient (Wildman–Crippen LogP) is 4.77. The van der Waals surface area contributed by atoms with Gasteiger partial charge in [0.15, 0.2) is 19.9 Å². The van der Waals surface area contributed by atoms with Crippen molar-refractivity contribution in [3.8, 4) is 11.6 Å². The number of hydrogen-bond donors (Lipinski definition) is 1. The third kappa shape index (κ3) is 3.48. The predicted molar refractivity (Wildman–Crippen MR) is 115 cm³/mol. The van der Waals surface area contributed by atoms with Crippen LogP contribution in [0.5, 0.6) is 0 Å². The van der Waals surface area contributed by atoms with Crippen molar-refractivity contribution in [3.63, 3.8) is 0 Å². The SMILES string of the molecule is CC(C)(Cc1cccc2nc(-c3ccc([N+](=O)[O-])o3)n(C(=O)C3CC3)c12)[Si](C)(C)O. The van der Waals surface area contributed by atoms with Gasteiger partial charge in [-0.1, -0.05) is 26.0 Å². The molecule has 1 fully saturated rings. The van der Waals surface area contributed by atoms with Crippen molar-refractivity contribution in [2.45, 2.75) is 51.2 Å². The highest BCUT2D eigenvalue weighted by Gasteiger charge is 2.40. The first kappa shape index (κ1) is 20.5. The number of rotatable bonds is 6. The number of nitrogens with zero attached hydrogens (tertiary/aromatic N) is 3. The molecule has 0 amide bonds. The highest BCUT2D eigenvalue weighted by molar-refractivity contribution is 6.72. The van der Waals surface area contributed by atoms with E-state index in [-0.39, 0.29) is 28.4 Å². The van der Waals surface area contributed by atoms with E-state index in [0.29, 0.717) is 17.5 Å². The molecule has 1 aliphatic rings. The normalized spacial score (nSPS) is 15.0. The van der Waals surface area contributed by atoms with Crippen molar-refractivity contribution in [2.75, 3.05) is 0 Å². The Morgan fingerprint density at radius 3 is 2.60 bits per heavy atom. The minimum absolute atomic E-state index is 0.0719. The van der Waals surface area contributed by atoms with Gasteiger partial charge in [-0.3, -0.25) is 19.5 Å². The van der Waals surface area contributed by atoms with Gasteiger partial charge >= 0.3 is 5.88 Å². The summed E-state index contributed by atoms with van der Waals surface area (Å²) in [6, 6.07) is 8.41. The lowest BCUT2D eigenvalue weighted by Gasteiger charge is -2.35. The molecular weight excluding hydrogens is 402 g/mol. The lowest BCUT2D eigenvalue weighted by atomic mass is 10.0. The lowest BCUT2D eigenvalue weighted by molar-refractivity contribution is -0.401. The largest absolute Gasteiger partial charge is 0.433 e. The molecule has 30 heavy (non-hydrogen) atoms. The van der Waals surface area contributed by atoms with Crippen LogP contribution in [0.25, 0.3) is 22.6 Å². The van der Waals surface area contributed by atoms with Gasteiger partial charge in [0, 0.05) is 5.92 Å². The first-order valence-corrected chi connectivity index (χ1v) is 13.0. The molecule has 2 aromatic heterocycles. The fourth-order valence-electron chi connectivity index (χ4n) is 3.47. The molecule has 0 bridgehead atoms. The third-order valence-corrected chi connectivity index (χ3v) is 9.68. The Hall–Kier alpha value is -2.78. The van der Waals surface area contributed by atoms with Gasteiger partial charge in [0.1, 0.15) is 4.92 Å². The van der Waals surface area contributed by atoms with Gasteiger partial charge in [0.2, 0.25) is 5.91 Å². The molecule has 8 nitrogen and oxygen atoms in total. The number of carbonyl (C=O) groups excluding carboxylic acids is 1. The van der Waals surface area contributed by atoms with Crippen LogP contribution < -0.4 is 0 Å². The number of para-hydroxylation sites is 1. The highest BCUT2D eigenvalue weighted by atomic mass is 28.4. The Kier molecular flexibility index (Phi) is 4.70. The Bertz CT molecular complexity index is 1150. The van der Waals surface area contributed by atoms with E-state index in [4.69, 9.17) is 4.42 Å². The van der Waals surface area contributed by atoms with E-state index in [1.807, 2.05) is 45.1 Å². The van der Waals surface area contributed by atoms with Crippen LogP contribution in [0, 0.1) is 16.0 Å². The van der Waals surface area contributed by atoms with E-state index < -0.39 is 19.1 Å². The number of aromatic nitrogens is 2. The average Bonchev–Trinajstić information content (AvgIpc) is 3.24. The van der Waals surface area contributed by atoms with Crippen molar-refractivity contribution in [2.24, 2.45) is 5.92 Å². The van der Waals surface area contributed by atoms with Crippen LogP contribution in [0.2, 0.25) is 18.1 Å². The number of imidazole rings is 1. The summed E-state index contributed by atoms with van der Waals surface area (Å²) < 4.78 is 6.94. The molecule has 0 unspecified atom stereocenters. The lowest BCUT2D eigenvalue weighted by Crippen LogP contribution is -2.40. The van der Waals surface area contributed by atoms with Crippen molar-refractivity contribution < 1.29 is 18.9 Å². The van der Waals surface area contributed by atoms with Gasteiger partial charge in [-0.2, -0.15) is 0 Å². The van der Waals surface area contributed by atoms with Gasteiger partial charge < -0.3 is 9.21 Å². The van der Waals surface area contributed by atoms with Crippen LogP contribution in [0.3, 0.4) is 0 Å². The highest BCUT2D eigenvalue weighted by Crippen LogP contribution is 2.42. The van der Waals surface area contributed by atoms with E-state index in [9.17, 15) is 19.7 Å². The van der Waals surface area contributed by atoms with Crippen LogP contribution in [0.1, 0.15) is 37.0 Å². The molecule has 3 aromatic rings. The fraction of sp³-hybridized carbons (Fsp3) is 0.429. The summed E-state index contributed by atoms with van der Waals surface area (Å²) in [5.74, 6) is -0.0697. The summed E-state index contributed by atoms with van der Waals surface area (Å²) in [7, 11) is -2.48. The molecule has 2 heterocycles. The average molecular weight is 428 g/mol. The maximum Gasteiger partial charge on any atom is 0.433 e. The van der Waals surface area contributed by atoms with E-state index >= 15 is 0 Å². The van der Waals surface area contributed by atoms with E-state index in [1.54, 1.807) is 4.57 Å². The second-order valence-electron chi connectivity index (χ2n) is 9.18. The molecule has 0 spiro atoms. The van der Waals surface area contributed by atoms with Crippen LogP contribution >= 0.6 is 0 Å². The molecule has 1 N–H and O–H groups in total. The quantitative estimate of drug-likeness (QED) is 0.344. The van der Waals surface area contributed by atoms with Crippen LogP contribution in [0.15, 0.2) is 34.7 Å². The molecule has 1 aromatic carbocycles. The Morgan fingerprint density at radius 2 is 2.03 bits per heavy atom. The summed E-state index contributed by atoms with van der Waals surface area (Å²) in [5, 5.41) is 10.7. The minimum Gasteiger partial charge on any atom is -0.432 e. The van der Waals surface area contributed by atoms with E-state index in [2.05, 4.69) is 4.98 Å². The van der Waals surface area contributed by atoms with Crippen LogP contribution in [0.4, 0.5) is 5.88 Å². The summed E-state index contributed by atoms with van der Waals surface area (Å²) >= 11 is 0. The second kappa shape index (κ2) is 6.88. The topological polar surface area (TPSA) is 111 Å². The number of carbonyl (C=O) groups is 1. The van der Waals surface area contributed by atoms with Gasteiger partial charge in [0.05, 0.1) is 17.1 Å². The fourth-order valence-corrected chi connectivity index (χ4v) is 4.09. The number of furan rings is 1. The molecular formula is C21H25N3O5Si. The molecule has 1 aliphatic carbocycles. The summed E-state index contributed by atoms with van der Waals surface area (Å²) in [4.78, 5) is 39.1. The molecule has 158 valence electrons. The number of nitro groups is 1. The van der Waals surface area contributed by atoms with Crippen LogP contribution in [-0.2, 0) is 6.42 Å². The number of benzene rings is 1. The van der Waals surface area contributed by atoms with Crippen molar-refractivity contribution in [1.82, 2.24) is 9.55 Å². The first-order valence-electron chi connectivity index (χ1n) is 10.0. The molecule has 0 aliphatic heterocycles. The van der Waals surface area contributed by atoms with Gasteiger partial charge in [0.25, 0.3) is 0 Å². The summed E-state index contributed by atoms with van der Waals surface area (Å²) in [5.41, 5.74) is 2.24. The molecule has 0 saturated heterocycles. The molecule has 0 radical (unpaired) electrons. The molecule has 4 rings (SSSR count). The maximum atomic E-state index is 13.2. The zero-order valence-electron chi connectivity index (χ0n) is 17.5. The standard InChI is InChI=1S/C21H25N3O5Si/c1-21(2,30(3,4)28)12-14-6-5-7-15-18(14)23(20(25)13-8-9-13)19(22-15)16-10-11-17(29-16)24(26)27/h5-7,10-11,13,28H,8-9,12H2,1-4H3. The monoisotopic (exact) mass is 427 g/mol. The molecule has 9 heteroatoms. The summed E-state index contributed by atoms with van der Waals surface area (Å²) in [6.45, 7) is 7.90. The smallest absolute Gasteiger partial charge is 0.432 e. The summed E-state index contributed by atoms with van der Waals surface area (Å²) in [6.07, 6.45) is 2.22. The van der Waals surface area contributed by atoms with Gasteiger partial charge in [-0.05, 0) is 55.1 Å². The van der Waals surface area contributed by atoms with Crippen LogP contribution in [-0.4, -0.2) is 33.5 Å². The number of fused-ring (bicyclic) bond motifs is 1. The molecule has 1 saturated carbocycles. The Balaban J connectivity index is 1.92. The van der Waals surface area contributed by atoms with E-state index in [0.717, 1.165) is 18.4 Å². The molecule has 0 atom stereocenters. The van der Waals surface area contributed by atoms with Gasteiger partial charge in [-0.25, -0.2) is 4.98 Å². The zero-order valence-corrected chi connectivity index (χ0v) is 18.5. The zero-order chi connectivity index (χ0) is 21.8. The maximum absolute atomic E-state index is 13.2. The second-order valence-corrected chi connectivity index (χ2v) is 13.7. The van der Waals surface area contributed by atoms with Crippen molar-refractivity contribution >= 4 is 31.1 Å². The van der Waals surface area contributed by atoms with E-state index in [1.165, 1.54) is 12.1 Å².